The van der Waals surface area contributed by atoms with E-state index in [-0.39, 0.29) is 42.5 Å². The third-order valence-corrected chi connectivity index (χ3v) is 6.24. The Morgan fingerprint density at radius 1 is 1.12 bits per heavy atom. The van der Waals surface area contributed by atoms with Crippen molar-refractivity contribution >= 4 is 23.4 Å². The largest absolute Gasteiger partial charge is 0.326 e. The van der Waals surface area contributed by atoms with Crippen molar-refractivity contribution in [1.29, 1.82) is 0 Å². The second-order valence-electron chi connectivity index (χ2n) is 7.83. The van der Waals surface area contributed by atoms with Crippen LogP contribution >= 0.6 is 0 Å². The molecule has 0 spiro atoms. The number of hydrogen-bond donors (Lipinski definition) is 1. The summed E-state index contributed by atoms with van der Waals surface area (Å²) >= 11 is 0. The van der Waals surface area contributed by atoms with Crippen molar-refractivity contribution in [2.45, 2.75) is 39.5 Å². The molecule has 4 unspecified atom stereocenters. The van der Waals surface area contributed by atoms with Gasteiger partial charge in [-0.3, -0.25) is 19.3 Å². The van der Waals surface area contributed by atoms with Crippen LogP contribution in [0.1, 0.15) is 36.8 Å². The van der Waals surface area contributed by atoms with Gasteiger partial charge in [0.05, 0.1) is 11.8 Å². The lowest BCUT2D eigenvalue weighted by molar-refractivity contribution is -0.140. The fourth-order valence-corrected chi connectivity index (χ4v) is 5.07. The van der Waals surface area contributed by atoms with Crippen LogP contribution in [0, 0.1) is 37.5 Å². The molecule has 1 N–H and O–H groups in total. The molecule has 0 radical (unpaired) electrons. The Morgan fingerprint density at radius 2 is 1.76 bits per heavy atom. The highest BCUT2D eigenvalue weighted by molar-refractivity contribution is 6.06. The number of carbonyl (C=O) groups is 3. The minimum atomic E-state index is -0.160. The normalized spacial score (nSPS) is 30.1. The van der Waals surface area contributed by atoms with E-state index in [0.29, 0.717) is 11.8 Å². The Kier molecular flexibility index (Phi) is 3.89. The zero-order valence-corrected chi connectivity index (χ0v) is 14.7. The van der Waals surface area contributed by atoms with Crippen molar-refractivity contribution in [1.82, 2.24) is 4.90 Å². The van der Waals surface area contributed by atoms with Crippen LogP contribution < -0.4 is 5.32 Å². The predicted molar refractivity (Wildman–Crippen MR) is 93.7 cm³/mol. The molecule has 132 valence electrons. The number of hydrogen-bond acceptors (Lipinski definition) is 3. The van der Waals surface area contributed by atoms with Gasteiger partial charge < -0.3 is 5.32 Å². The van der Waals surface area contributed by atoms with Gasteiger partial charge in [0.25, 0.3) is 0 Å². The van der Waals surface area contributed by atoms with Crippen LogP contribution in [0.15, 0.2) is 18.2 Å². The highest BCUT2D eigenvalue weighted by atomic mass is 16.2. The standard InChI is InChI=1S/C20H24N2O3/c1-11-3-6-15(12(2)9-11)21-16(23)7-8-22-19(24)17-13-4-5-14(10-13)18(17)20(22)25/h3,6,9,13-14,17-18H,4-5,7-8,10H2,1-2H3,(H,21,23). The first kappa shape index (κ1) is 16.3. The first-order chi connectivity index (χ1) is 12.0. The van der Waals surface area contributed by atoms with E-state index in [4.69, 9.17) is 0 Å². The average molecular weight is 340 g/mol. The molecule has 5 nitrogen and oxygen atoms in total. The number of likely N-dealkylation sites (tertiary alicyclic amines) is 1. The van der Waals surface area contributed by atoms with Gasteiger partial charge in [0, 0.05) is 18.7 Å². The Morgan fingerprint density at radius 3 is 2.36 bits per heavy atom. The van der Waals surface area contributed by atoms with Gasteiger partial charge in [-0.1, -0.05) is 17.7 Å². The first-order valence-electron chi connectivity index (χ1n) is 9.18. The molecule has 1 aromatic rings. The monoisotopic (exact) mass is 340 g/mol. The maximum atomic E-state index is 12.6. The molecule has 0 aromatic heterocycles. The third kappa shape index (κ3) is 2.66. The van der Waals surface area contributed by atoms with Gasteiger partial charge in [0.1, 0.15) is 0 Å². The van der Waals surface area contributed by atoms with E-state index in [1.54, 1.807) is 0 Å². The second kappa shape index (κ2) is 5.97. The summed E-state index contributed by atoms with van der Waals surface area (Å²) in [5.74, 6) is 0.332. The van der Waals surface area contributed by atoms with Crippen molar-refractivity contribution in [3.05, 3.63) is 29.3 Å². The molecule has 3 amide bonds. The van der Waals surface area contributed by atoms with Crippen LogP contribution in [-0.4, -0.2) is 29.2 Å². The topological polar surface area (TPSA) is 66.5 Å². The molecule has 2 bridgehead atoms. The smallest absolute Gasteiger partial charge is 0.233 e. The molecule has 3 aliphatic rings. The van der Waals surface area contributed by atoms with Crippen molar-refractivity contribution in [3.63, 3.8) is 0 Å². The summed E-state index contributed by atoms with van der Waals surface area (Å²) in [5.41, 5.74) is 2.93. The Hall–Kier alpha value is -2.17. The number of imide groups is 1. The average Bonchev–Trinajstić information content (AvgIpc) is 3.23. The van der Waals surface area contributed by atoms with Crippen LogP contribution in [0.2, 0.25) is 0 Å². The van der Waals surface area contributed by atoms with Crippen molar-refractivity contribution in [3.8, 4) is 0 Å². The van der Waals surface area contributed by atoms with E-state index < -0.39 is 0 Å². The summed E-state index contributed by atoms with van der Waals surface area (Å²) < 4.78 is 0. The first-order valence-corrected chi connectivity index (χ1v) is 9.18. The van der Waals surface area contributed by atoms with Gasteiger partial charge in [-0.2, -0.15) is 0 Å². The minimum absolute atomic E-state index is 0.0403. The van der Waals surface area contributed by atoms with Gasteiger partial charge in [-0.15, -0.1) is 0 Å². The molecule has 2 saturated carbocycles. The molecule has 4 rings (SSSR count). The van der Waals surface area contributed by atoms with Crippen LogP contribution in [0.25, 0.3) is 0 Å². The number of nitrogens with zero attached hydrogens (tertiary/aromatic N) is 1. The molecule has 1 aliphatic heterocycles. The van der Waals surface area contributed by atoms with Crippen molar-refractivity contribution < 1.29 is 14.4 Å². The predicted octanol–water partition coefficient (Wildman–Crippen LogP) is 2.66. The SMILES string of the molecule is Cc1ccc(NC(=O)CCN2C(=O)C3C4CCC(C4)C3C2=O)c(C)c1. The number of fused-ring (bicyclic) bond motifs is 5. The number of rotatable bonds is 4. The highest BCUT2D eigenvalue weighted by Gasteiger charge is 2.60. The van der Waals surface area contributed by atoms with Crippen molar-refractivity contribution in [2.75, 3.05) is 11.9 Å². The number of carbonyl (C=O) groups excluding carboxylic acids is 3. The molecular formula is C20H24N2O3. The van der Waals surface area contributed by atoms with Crippen LogP contribution in [0.3, 0.4) is 0 Å². The summed E-state index contributed by atoms with van der Waals surface area (Å²) in [4.78, 5) is 38.8. The maximum Gasteiger partial charge on any atom is 0.233 e. The molecule has 5 heteroatoms. The fraction of sp³-hybridized carbons (Fsp3) is 0.550. The van der Waals surface area contributed by atoms with E-state index in [9.17, 15) is 14.4 Å². The molecular weight excluding hydrogens is 316 g/mol. The fourth-order valence-electron chi connectivity index (χ4n) is 5.07. The van der Waals surface area contributed by atoms with Gasteiger partial charge in [0.2, 0.25) is 17.7 Å². The number of aryl methyl sites for hydroxylation is 2. The van der Waals surface area contributed by atoms with E-state index in [0.717, 1.165) is 36.1 Å². The zero-order valence-electron chi connectivity index (χ0n) is 14.7. The number of amides is 3. The number of benzene rings is 1. The quantitative estimate of drug-likeness (QED) is 0.857. The lowest BCUT2D eigenvalue weighted by Crippen LogP contribution is -2.35. The van der Waals surface area contributed by atoms with Gasteiger partial charge in [-0.05, 0) is 56.6 Å². The van der Waals surface area contributed by atoms with Gasteiger partial charge in [-0.25, -0.2) is 0 Å². The number of anilines is 1. The zero-order chi connectivity index (χ0) is 17.7. The summed E-state index contributed by atoms with van der Waals surface area (Å²) in [5, 5.41) is 2.88. The third-order valence-electron chi connectivity index (χ3n) is 6.24. The van der Waals surface area contributed by atoms with Crippen LogP contribution in [0.4, 0.5) is 5.69 Å². The second-order valence-corrected chi connectivity index (χ2v) is 7.83. The van der Waals surface area contributed by atoms with Crippen LogP contribution in [0.5, 0.6) is 0 Å². The molecule has 1 heterocycles. The molecule has 3 fully saturated rings. The lowest BCUT2D eigenvalue weighted by atomic mass is 9.81. The summed E-state index contributed by atoms with van der Waals surface area (Å²) in [6, 6.07) is 5.85. The van der Waals surface area contributed by atoms with E-state index in [1.807, 2.05) is 32.0 Å². The molecule has 4 atom stereocenters. The van der Waals surface area contributed by atoms with Crippen molar-refractivity contribution in [2.24, 2.45) is 23.7 Å². The Labute approximate surface area is 147 Å². The summed E-state index contributed by atoms with van der Waals surface area (Å²) in [7, 11) is 0. The summed E-state index contributed by atoms with van der Waals surface area (Å²) in [6.07, 6.45) is 3.34. The molecule has 1 saturated heterocycles. The van der Waals surface area contributed by atoms with E-state index in [1.165, 1.54) is 4.90 Å². The molecule has 2 aliphatic carbocycles. The Balaban J connectivity index is 1.37. The maximum absolute atomic E-state index is 12.6. The molecule has 1 aromatic carbocycles. The van der Waals surface area contributed by atoms with Crippen LogP contribution in [-0.2, 0) is 14.4 Å². The van der Waals surface area contributed by atoms with Gasteiger partial charge >= 0.3 is 0 Å². The van der Waals surface area contributed by atoms with E-state index >= 15 is 0 Å². The van der Waals surface area contributed by atoms with E-state index in [2.05, 4.69) is 5.32 Å². The molecule has 25 heavy (non-hydrogen) atoms. The summed E-state index contributed by atoms with van der Waals surface area (Å²) in [6.45, 7) is 4.15. The lowest BCUT2D eigenvalue weighted by Gasteiger charge is -2.19. The Bertz CT molecular complexity index is 729. The number of nitrogens with one attached hydrogen (secondary N) is 1. The van der Waals surface area contributed by atoms with Gasteiger partial charge in [0.15, 0.2) is 0 Å². The minimum Gasteiger partial charge on any atom is -0.326 e. The highest BCUT2D eigenvalue weighted by Crippen LogP contribution is 2.56.